The predicted octanol–water partition coefficient (Wildman–Crippen LogP) is 6.37. The minimum Gasteiger partial charge on any atom is -0.469 e. The lowest BCUT2D eigenvalue weighted by atomic mass is 9.32. The van der Waals surface area contributed by atoms with Gasteiger partial charge in [0.1, 0.15) is 0 Å². The van der Waals surface area contributed by atoms with Crippen molar-refractivity contribution < 1.29 is 19.7 Å². The van der Waals surface area contributed by atoms with Crippen molar-refractivity contribution in [1.82, 2.24) is 0 Å². The van der Waals surface area contributed by atoms with E-state index in [1.165, 1.54) is 19.3 Å². The summed E-state index contributed by atoms with van der Waals surface area (Å²) in [6.45, 7) is 16.3. The van der Waals surface area contributed by atoms with E-state index in [2.05, 4.69) is 34.6 Å². The number of carbonyl (C=O) groups excluding carboxylic acids is 1. The summed E-state index contributed by atoms with van der Waals surface area (Å²) in [7, 11) is 1.55. The van der Waals surface area contributed by atoms with Crippen molar-refractivity contribution in [2.24, 2.45) is 56.7 Å². The highest BCUT2D eigenvalue weighted by molar-refractivity contribution is 5.78. The lowest BCUT2D eigenvalue weighted by Crippen LogP contribution is -2.67. The quantitative estimate of drug-likeness (QED) is 0.443. The topological polar surface area (TPSA) is 66.8 Å². The molecule has 4 unspecified atom stereocenters. The van der Waals surface area contributed by atoms with Crippen molar-refractivity contribution in [2.45, 2.75) is 124 Å². The van der Waals surface area contributed by atoms with Gasteiger partial charge in [0.05, 0.1) is 24.2 Å². The minimum absolute atomic E-state index is 0.0257. The van der Waals surface area contributed by atoms with Gasteiger partial charge in [-0.2, -0.15) is 0 Å². The van der Waals surface area contributed by atoms with E-state index in [0.717, 1.165) is 44.9 Å². The summed E-state index contributed by atoms with van der Waals surface area (Å²) in [5.41, 5.74) is -0.620. The lowest BCUT2D eigenvalue weighted by molar-refractivity contribution is -0.252. The predicted molar refractivity (Wildman–Crippen MR) is 138 cm³/mol. The molecule has 4 nitrogen and oxygen atoms in total. The van der Waals surface area contributed by atoms with Gasteiger partial charge in [-0.25, -0.2) is 0 Å². The van der Waals surface area contributed by atoms with Gasteiger partial charge in [-0.3, -0.25) is 4.79 Å². The molecule has 0 bridgehead atoms. The van der Waals surface area contributed by atoms with E-state index >= 15 is 0 Å². The van der Waals surface area contributed by atoms with Crippen molar-refractivity contribution in [3.8, 4) is 0 Å². The number of fused-ring (bicyclic) bond motifs is 7. The van der Waals surface area contributed by atoms with Crippen LogP contribution in [-0.4, -0.2) is 35.0 Å². The molecule has 0 spiro atoms. The van der Waals surface area contributed by atoms with Gasteiger partial charge in [-0.05, 0) is 129 Å². The summed E-state index contributed by atoms with van der Waals surface area (Å²) in [4.78, 5) is 13.4. The molecule has 0 aromatic carbocycles. The number of methoxy groups -OCH3 is 1. The maximum absolute atomic E-state index is 13.4. The fourth-order valence-electron chi connectivity index (χ4n) is 11.9. The molecule has 5 rings (SSSR count). The Kier molecular flexibility index (Phi) is 5.73. The van der Waals surface area contributed by atoms with Gasteiger partial charge in [0.25, 0.3) is 0 Å². The second kappa shape index (κ2) is 7.71. The zero-order valence-electron chi connectivity index (χ0n) is 23.7. The van der Waals surface area contributed by atoms with E-state index < -0.39 is 11.0 Å². The second-order valence-corrected chi connectivity index (χ2v) is 15.5. The number of aliphatic hydroxyl groups is 2. The first-order valence-corrected chi connectivity index (χ1v) is 14.6. The smallest absolute Gasteiger partial charge is 0.312 e. The third kappa shape index (κ3) is 3.14. The minimum atomic E-state index is -0.788. The molecule has 0 radical (unpaired) electrons. The zero-order valence-corrected chi connectivity index (χ0v) is 23.7. The van der Waals surface area contributed by atoms with E-state index in [1.807, 2.05) is 13.8 Å². The number of rotatable bonds is 2. The Bertz CT molecular complexity index is 874. The SMILES string of the molecule is COC(=O)[C@]12CC[C@@H](C(C)(C)O)C1C1CCC3[C@@]4(C)CC[C@H](O)C(C)(C)C4CC[C@@]3(C)[C@]1(C)CC2. The Morgan fingerprint density at radius 3 is 2.14 bits per heavy atom. The Balaban J connectivity index is 1.57. The fraction of sp³-hybridized carbons (Fsp3) is 0.968. The van der Waals surface area contributed by atoms with E-state index in [0.29, 0.717) is 17.8 Å². The van der Waals surface area contributed by atoms with Crippen molar-refractivity contribution in [3.05, 3.63) is 0 Å². The monoisotopic (exact) mass is 488 g/mol. The Morgan fingerprint density at radius 1 is 0.829 bits per heavy atom. The van der Waals surface area contributed by atoms with Gasteiger partial charge in [0.15, 0.2) is 0 Å². The van der Waals surface area contributed by atoms with Crippen LogP contribution < -0.4 is 0 Å². The van der Waals surface area contributed by atoms with Gasteiger partial charge < -0.3 is 14.9 Å². The number of aliphatic hydroxyl groups excluding tert-OH is 1. The molecule has 0 saturated heterocycles. The Labute approximate surface area is 214 Å². The molecule has 0 aliphatic heterocycles. The first kappa shape index (κ1) is 26.0. The number of hydrogen-bond donors (Lipinski definition) is 2. The van der Waals surface area contributed by atoms with Gasteiger partial charge in [-0.1, -0.05) is 34.6 Å². The summed E-state index contributed by atoms with van der Waals surface area (Å²) in [6, 6.07) is 0. The molecule has 10 atom stereocenters. The Hall–Kier alpha value is -0.610. The van der Waals surface area contributed by atoms with Crippen LogP contribution in [0.3, 0.4) is 0 Å². The molecule has 0 heterocycles. The number of hydrogen-bond acceptors (Lipinski definition) is 4. The molecule has 5 saturated carbocycles. The normalized spacial score (nSPS) is 53.1. The molecule has 5 aliphatic rings. The average molecular weight is 489 g/mol. The maximum atomic E-state index is 13.4. The largest absolute Gasteiger partial charge is 0.469 e. The molecule has 2 N–H and O–H groups in total. The van der Waals surface area contributed by atoms with Gasteiger partial charge in [-0.15, -0.1) is 0 Å². The van der Waals surface area contributed by atoms with Crippen LogP contribution >= 0.6 is 0 Å². The van der Waals surface area contributed by atoms with Crippen LogP contribution in [0.25, 0.3) is 0 Å². The molecule has 0 amide bonds. The van der Waals surface area contributed by atoms with Crippen LogP contribution in [0.4, 0.5) is 0 Å². The van der Waals surface area contributed by atoms with Crippen molar-refractivity contribution >= 4 is 5.97 Å². The third-order valence-corrected chi connectivity index (χ3v) is 13.9. The second-order valence-electron chi connectivity index (χ2n) is 15.5. The van der Waals surface area contributed by atoms with Gasteiger partial charge >= 0.3 is 5.97 Å². The molecular weight excluding hydrogens is 436 g/mol. The molecular formula is C31H52O4. The van der Waals surface area contributed by atoms with Crippen molar-refractivity contribution in [3.63, 3.8) is 0 Å². The van der Waals surface area contributed by atoms with E-state index in [4.69, 9.17) is 4.74 Å². The summed E-state index contributed by atoms with van der Waals surface area (Å²) in [6.07, 6.45) is 10.4. The van der Waals surface area contributed by atoms with Crippen LogP contribution in [0.2, 0.25) is 0 Å². The van der Waals surface area contributed by atoms with Gasteiger partial charge in [0.2, 0.25) is 0 Å². The highest BCUT2D eigenvalue weighted by Crippen LogP contribution is 2.77. The maximum Gasteiger partial charge on any atom is 0.312 e. The number of carbonyl (C=O) groups is 1. The third-order valence-electron chi connectivity index (χ3n) is 13.9. The van der Waals surface area contributed by atoms with Crippen molar-refractivity contribution in [2.75, 3.05) is 7.11 Å². The highest BCUT2D eigenvalue weighted by Gasteiger charge is 2.72. The molecule has 35 heavy (non-hydrogen) atoms. The first-order chi connectivity index (χ1) is 16.1. The summed E-state index contributed by atoms with van der Waals surface area (Å²) in [5, 5.41) is 22.2. The van der Waals surface area contributed by atoms with Crippen LogP contribution in [0.5, 0.6) is 0 Å². The lowest BCUT2D eigenvalue weighted by Gasteiger charge is -2.72. The summed E-state index contributed by atoms with van der Waals surface area (Å²) >= 11 is 0. The first-order valence-electron chi connectivity index (χ1n) is 14.6. The summed E-state index contributed by atoms with van der Waals surface area (Å²) in [5.74, 6) is 1.96. The van der Waals surface area contributed by atoms with Crippen LogP contribution in [-0.2, 0) is 9.53 Å². The van der Waals surface area contributed by atoms with E-state index in [-0.39, 0.29) is 45.6 Å². The molecule has 5 aliphatic carbocycles. The number of ether oxygens (including phenoxy) is 1. The molecule has 5 fully saturated rings. The average Bonchev–Trinajstić information content (AvgIpc) is 3.18. The molecule has 200 valence electrons. The van der Waals surface area contributed by atoms with Crippen LogP contribution in [0.15, 0.2) is 0 Å². The van der Waals surface area contributed by atoms with E-state index in [9.17, 15) is 15.0 Å². The van der Waals surface area contributed by atoms with Gasteiger partial charge in [0, 0.05) is 0 Å². The van der Waals surface area contributed by atoms with Crippen LogP contribution in [0, 0.1) is 56.7 Å². The van der Waals surface area contributed by atoms with Crippen LogP contribution in [0.1, 0.15) is 113 Å². The Morgan fingerprint density at radius 2 is 1.51 bits per heavy atom. The van der Waals surface area contributed by atoms with Crippen molar-refractivity contribution in [1.29, 1.82) is 0 Å². The fourth-order valence-corrected chi connectivity index (χ4v) is 11.9. The molecule has 4 heteroatoms. The van der Waals surface area contributed by atoms with E-state index in [1.54, 1.807) is 7.11 Å². The standard InChI is InChI=1S/C31H52O4/c1-26(2)21-12-15-30(7)22(28(21,5)14-13-23(26)32)10-9-20-24-19(27(3,4)34)11-16-31(24,25(33)35-8)18-17-29(20,30)6/h19-24,32,34H,9-18H2,1-8H3/t19-,20?,21?,22?,23+,24?,28+,29-,30-,31+/m1/s1. The number of esters is 1. The molecule has 0 aromatic rings. The zero-order chi connectivity index (χ0) is 25.8. The highest BCUT2D eigenvalue weighted by atomic mass is 16.5. The summed E-state index contributed by atoms with van der Waals surface area (Å²) < 4.78 is 5.48. The molecule has 0 aromatic heterocycles.